The molecule has 1 aromatic heterocycles. The first-order chi connectivity index (χ1) is 13.5. The van der Waals surface area contributed by atoms with Crippen molar-refractivity contribution in [1.82, 2.24) is 15.0 Å². The Kier molecular flexibility index (Phi) is 6.26. The highest BCUT2D eigenvalue weighted by molar-refractivity contribution is 9.10. The van der Waals surface area contributed by atoms with Gasteiger partial charge < -0.3 is 9.84 Å². The minimum atomic E-state index is -1.14. The van der Waals surface area contributed by atoms with E-state index in [2.05, 4.69) is 26.1 Å². The summed E-state index contributed by atoms with van der Waals surface area (Å²) in [7, 11) is 0. The van der Waals surface area contributed by atoms with Crippen molar-refractivity contribution in [2.75, 3.05) is 0 Å². The molecule has 2 aromatic carbocycles. The van der Waals surface area contributed by atoms with Gasteiger partial charge >= 0.3 is 5.97 Å². The molecule has 0 aliphatic carbocycles. The van der Waals surface area contributed by atoms with Crippen LogP contribution in [0.3, 0.4) is 0 Å². The lowest BCUT2D eigenvalue weighted by Crippen LogP contribution is -2.19. The molecular weight excluding hydrogens is 422 g/mol. The van der Waals surface area contributed by atoms with Gasteiger partial charge in [0.1, 0.15) is 17.1 Å². The molecule has 0 bridgehead atoms. The normalized spacial score (nSPS) is 12.2. The molecule has 0 aliphatic heterocycles. The highest BCUT2D eigenvalue weighted by Crippen LogP contribution is 2.30. The number of nitrogens with zero attached hydrogens (tertiary/aromatic N) is 3. The van der Waals surface area contributed by atoms with Crippen molar-refractivity contribution < 1.29 is 14.6 Å². The Hall–Kier alpha value is -2.93. The van der Waals surface area contributed by atoms with Gasteiger partial charge in [-0.1, -0.05) is 59.3 Å². The van der Waals surface area contributed by atoms with Gasteiger partial charge in [0.15, 0.2) is 0 Å². The number of allylic oxidation sites excluding steroid dienone is 1. The van der Waals surface area contributed by atoms with E-state index in [0.717, 1.165) is 22.3 Å². The quantitative estimate of drug-likeness (QED) is 0.559. The van der Waals surface area contributed by atoms with Crippen LogP contribution in [0.5, 0.6) is 5.75 Å². The van der Waals surface area contributed by atoms with Crippen LogP contribution in [-0.4, -0.2) is 26.1 Å². The molecule has 7 heteroatoms. The fourth-order valence-electron chi connectivity index (χ4n) is 2.64. The van der Waals surface area contributed by atoms with E-state index < -0.39 is 12.1 Å². The first kappa shape index (κ1) is 19.8. The number of aromatic nitrogens is 3. The number of carbonyl (C=O) groups is 1. The number of aryl methyl sites for hydroxylation is 1. The van der Waals surface area contributed by atoms with Crippen LogP contribution >= 0.6 is 15.9 Å². The van der Waals surface area contributed by atoms with Crippen LogP contribution in [0.2, 0.25) is 0 Å². The lowest BCUT2D eigenvalue weighted by molar-refractivity contribution is -0.145. The van der Waals surface area contributed by atoms with Gasteiger partial charge in [0.25, 0.3) is 0 Å². The molecule has 6 nitrogen and oxygen atoms in total. The first-order valence-electron chi connectivity index (χ1n) is 8.84. The van der Waals surface area contributed by atoms with E-state index in [0.29, 0.717) is 17.0 Å². The summed E-state index contributed by atoms with van der Waals surface area (Å²) in [5.74, 6) is -0.697. The maximum Gasteiger partial charge on any atom is 0.349 e. The van der Waals surface area contributed by atoms with E-state index in [1.165, 1.54) is 4.80 Å². The average molecular weight is 442 g/mol. The lowest BCUT2D eigenvalue weighted by Gasteiger charge is -2.17. The molecule has 0 saturated heterocycles. The van der Waals surface area contributed by atoms with E-state index in [9.17, 15) is 9.90 Å². The molecule has 0 amide bonds. The molecule has 0 aliphatic rings. The Morgan fingerprint density at radius 1 is 1.25 bits per heavy atom. The zero-order chi connectivity index (χ0) is 20.1. The van der Waals surface area contributed by atoms with Gasteiger partial charge in [-0.3, -0.25) is 0 Å². The van der Waals surface area contributed by atoms with E-state index in [1.54, 1.807) is 42.5 Å². The summed E-state index contributed by atoms with van der Waals surface area (Å²) in [4.78, 5) is 13.3. The monoisotopic (exact) mass is 441 g/mol. The smallest absolute Gasteiger partial charge is 0.349 e. The molecule has 1 heterocycles. The van der Waals surface area contributed by atoms with Gasteiger partial charge in [0, 0.05) is 10.0 Å². The molecular formula is C21H20BrN3O3. The predicted molar refractivity (Wildman–Crippen MR) is 111 cm³/mol. The second-order valence-corrected chi connectivity index (χ2v) is 7.05. The van der Waals surface area contributed by atoms with Crippen molar-refractivity contribution in [3.8, 4) is 11.4 Å². The van der Waals surface area contributed by atoms with Crippen LogP contribution in [0.25, 0.3) is 11.8 Å². The number of hydrogen-bond donors (Lipinski definition) is 1. The van der Waals surface area contributed by atoms with Gasteiger partial charge in [-0.2, -0.15) is 5.10 Å². The minimum absolute atomic E-state index is 0.375. The maximum absolute atomic E-state index is 11.8. The van der Waals surface area contributed by atoms with Crippen molar-refractivity contribution in [3.63, 3.8) is 0 Å². The summed E-state index contributed by atoms with van der Waals surface area (Å²) >= 11 is 3.45. The molecule has 1 atom stereocenters. The number of halogens is 1. The molecule has 1 N–H and O–H groups in total. The van der Waals surface area contributed by atoms with Crippen molar-refractivity contribution >= 4 is 28.0 Å². The Balaban J connectivity index is 2.02. The number of benzene rings is 2. The number of rotatable bonds is 7. The molecule has 3 rings (SSSR count). The highest BCUT2D eigenvalue weighted by atomic mass is 79.9. The predicted octanol–water partition coefficient (Wildman–Crippen LogP) is 4.97. The second kappa shape index (κ2) is 8.84. The number of aliphatic carboxylic acids is 1. The van der Waals surface area contributed by atoms with Crippen LogP contribution in [0.4, 0.5) is 0 Å². The zero-order valence-electron chi connectivity index (χ0n) is 15.5. The van der Waals surface area contributed by atoms with E-state index in [4.69, 9.17) is 4.74 Å². The summed E-state index contributed by atoms with van der Waals surface area (Å²) in [6.45, 7) is 3.92. The fraction of sp³-hybridized carbons (Fsp3) is 0.190. The summed E-state index contributed by atoms with van der Waals surface area (Å²) in [6, 6.07) is 14.1. The van der Waals surface area contributed by atoms with Crippen molar-refractivity contribution in [2.45, 2.75) is 26.4 Å². The van der Waals surface area contributed by atoms with Crippen LogP contribution in [0.1, 0.15) is 36.4 Å². The fourth-order valence-corrected chi connectivity index (χ4v) is 2.99. The molecule has 0 spiro atoms. The van der Waals surface area contributed by atoms with E-state index in [1.807, 2.05) is 32.1 Å². The van der Waals surface area contributed by atoms with E-state index in [-0.39, 0.29) is 0 Å². The van der Waals surface area contributed by atoms with Gasteiger partial charge in [0.05, 0.1) is 5.69 Å². The number of ether oxygens (including phenoxy) is 1. The van der Waals surface area contributed by atoms with Crippen LogP contribution < -0.4 is 4.74 Å². The Morgan fingerprint density at radius 2 is 2.00 bits per heavy atom. The third-order valence-corrected chi connectivity index (χ3v) is 4.53. The number of carboxylic acids is 1. The maximum atomic E-state index is 11.8. The number of carboxylic acid groups (broad SMARTS) is 1. The largest absolute Gasteiger partial charge is 0.478 e. The Morgan fingerprint density at radius 3 is 2.68 bits per heavy atom. The van der Waals surface area contributed by atoms with Crippen molar-refractivity contribution in [3.05, 3.63) is 76.0 Å². The molecule has 144 valence electrons. The average Bonchev–Trinajstić information content (AvgIpc) is 3.06. The van der Waals surface area contributed by atoms with Gasteiger partial charge in [0.2, 0.25) is 6.10 Å². The molecule has 28 heavy (non-hydrogen) atoms. The third-order valence-electron chi connectivity index (χ3n) is 4.04. The van der Waals surface area contributed by atoms with Crippen LogP contribution in [0, 0.1) is 6.92 Å². The lowest BCUT2D eigenvalue weighted by atomic mass is 10.1. The first-order valence-corrected chi connectivity index (χ1v) is 9.63. The van der Waals surface area contributed by atoms with Gasteiger partial charge in [-0.15, -0.1) is 9.90 Å². The Bertz CT molecular complexity index is 999. The summed E-state index contributed by atoms with van der Waals surface area (Å²) in [5, 5.41) is 18.6. The minimum Gasteiger partial charge on any atom is -0.478 e. The topological polar surface area (TPSA) is 77.2 Å². The zero-order valence-corrected chi connectivity index (χ0v) is 17.1. The van der Waals surface area contributed by atoms with Crippen molar-refractivity contribution in [1.29, 1.82) is 0 Å². The molecule has 1 unspecified atom stereocenters. The van der Waals surface area contributed by atoms with Crippen molar-refractivity contribution in [2.24, 2.45) is 0 Å². The second-order valence-electron chi connectivity index (χ2n) is 6.13. The highest BCUT2D eigenvalue weighted by Gasteiger charge is 2.24. The molecule has 0 radical (unpaired) electrons. The SMILES string of the molecule is CC/C=C\c1nn(-c2cc(Br)ccc2OC(C(=O)O)c2ccccc2)nc1C. The molecule has 0 saturated carbocycles. The summed E-state index contributed by atoms with van der Waals surface area (Å²) in [5.41, 5.74) is 2.63. The van der Waals surface area contributed by atoms with Gasteiger partial charge in [-0.25, -0.2) is 4.79 Å². The van der Waals surface area contributed by atoms with E-state index >= 15 is 0 Å². The summed E-state index contributed by atoms with van der Waals surface area (Å²) < 4.78 is 6.70. The van der Waals surface area contributed by atoms with Gasteiger partial charge in [-0.05, 0) is 37.6 Å². The third kappa shape index (κ3) is 4.48. The standard InChI is InChI=1S/C21H20BrN3O3/c1-3-4-10-17-14(2)23-25(24-17)18-13-16(22)11-12-19(18)28-20(21(26)27)15-8-6-5-7-9-15/h4-13,20H,3H2,1-2H3,(H,26,27)/b10-4-. The molecule has 3 aromatic rings. The number of hydrogen-bond acceptors (Lipinski definition) is 4. The Labute approximate surface area is 171 Å². The van der Waals surface area contributed by atoms with Crippen LogP contribution in [-0.2, 0) is 4.79 Å². The summed E-state index contributed by atoms with van der Waals surface area (Å²) in [6.07, 6.45) is 3.68. The molecule has 0 fully saturated rings. The van der Waals surface area contributed by atoms with Crippen LogP contribution in [0.15, 0.2) is 59.1 Å².